The zero-order chi connectivity index (χ0) is 15.7. The summed E-state index contributed by atoms with van der Waals surface area (Å²) in [4.78, 5) is 4.23. The Hall–Kier alpha value is -2.64. The number of hydrogen-bond donors (Lipinski definition) is 1. The van der Waals surface area contributed by atoms with Crippen molar-refractivity contribution in [2.45, 2.75) is 6.92 Å². The number of aryl methyl sites for hydroxylation is 1. The largest absolute Gasteiger partial charge is 0.354 e. The molecule has 3 aromatic rings. The van der Waals surface area contributed by atoms with E-state index in [1.165, 1.54) is 12.3 Å². The number of pyridine rings is 1. The average molecular weight is 312 g/mol. The van der Waals surface area contributed by atoms with Gasteiger partial charge in [0.2, 0.25) is 0 Å². The number of halogens is 2. The standard InChI is InChI=1S/C17H11ClFN3/c1-10-2-4-13(7-15(10)19)22-17-11(8-20)9-21-16-5-3-12(18)6-14(16)17/h2-7,9H,1H3,(H,21,22). The fourth-order valence-corrected chi connectivity index (χ4v) is 2.37. The number of rotatable bonds is 2. The first-order chi connectivity index (χ1) is 10.6. The molecule has 0 atom stereocenters. The molecule has 5 heteroatoms. The summed E-state index contributed by atoms with van der Waals surface area (Å²) in [5, 5.41) is 13.6. The second-order valence-corrected chi connectivity index (χ2v) is 5.35. The number of anilines is 2. The molecule has 0 saturated heterocycles. The lowest BCUT2D eigenvalue weighted by Gasteiger charge is -2.12. The predicted molar refractivity (Wildman–Crippen MR) is 85.9 cm³/mol. The Morgan fingerprint density at radius 1 is 1.23 bits per heavy atom. The number of nitrogens with one attached hydrogen (secondary N) is 1. The van der Waals surface area contributed by atoms with Gasteiger partial charge in [-0.1, -0.05) is 17.7 Å². The monoisotopic (exact) mass is 311 g/mol. The van der Waals surface area contributed by atoms with Crippen LogP contribution in [0.15, 0.2) is 42.6 Å². The maximum Gasteiger partial charge on any atom is 0.128 e. The van der Waals surface area contributed by atoms with Crippen molar-refractivity contribution in [2.24, 2.45) is 0 Å². The molecule has 1 aromatic heterocycles. The van der Waals surface area contributed by atoms with Crippen LogP contribution in [0.3, 0.4) is 0 Å². The maximum atomic E-state index is 13.7. The Morgan fingerprint density at radius 3 is 2.77 bits per heavy atom. The second kappa shape index (κ2) is 5.63. The summed E-state index contributed by atoms with van der Waals surface area (Å²) in [6.07, 6.45) is 1.49. The topological polar surface area (TPSA) is 48.7 Å². The molecule has 0 saturated carbocycles. The van der Waals surface area contributed by atoms with Crippen molar-refractivity contribution in [1.82, 2.24) is 4.98 Å². The lowest BCUT2D eigenvalue weighted by molar-refractivity contribution is 0.619. The van der Waals surface area contributed by atoms with Gasteiger partial charge in [-0.2, -0.15) is 5.26 Å². The summed E-state index contributed by atoms with van der Waals surface area (Å²) in [7, 11) is 0. The number of benzene rings is 2. The van der Waals surface area contributed by atoms with Gasteiger partial charge >= 0.3 is 0 Å². The Labute approximate surface area is 132 Å². The quantitative estimate of drug-likeness (QED) is 0.728. The van der Waals surface area contributed by atoms with E-state index in [0.717, 1.165) is 0 Å². The average Bonchev–Trinajstić information content (AvgIpc) is 2.51. The van der Waals surface area contributed by atoms with Crippen LogP contribution in [0, 0.1) is 24.1 Å². The molecular weight excluding hydrogens is 301 g/mol. The van der Waals surface area contributed by atoms with Crippen LogP contribution in [-0.2, 0) is 0 Å². The first-order valence-electron chi connectivity index (χ1n) is 6.60. The minimum Gasteiger partial charge on any atom is -0.354 e. The first kappa shape index (κ1) is 14.3. The maximum absolute atomic E-state index is 13.7. The first-order valence-corrected chi connectivity index (χ1v) is 6.98. The van der Waals surface area contributed by atoms with Crippen LogP contribution < -0.4 is 5.32 Å². The number of hydrogen-bond acceptors (Lipinski definition) is 3. The Bertz CT molecular complexity index is 916. The molecule has 0 radical (unpaired) electrons. The van der Waals surface area contributed by atoms with Gasteiger partial charge in [-0.05, 0) is 42.8 Å². The third-order valence-corrected chi connectivity index (χ3v) is 3.63. The van der Waals surface area contributed by atoms with E-state index in [2.05, 4.69) is 16.4 Å². The summed E-state index contributed by atoms with van der Waals surface area (Å²) < 4.78 is 13.7. The van der Waals surface area contributed by atoms with Crippen molar-refractivity contribution in [1.29, 1.82) is 5.26 Å². The van der Waals surface area contributed by atoms with Gasteiger partial charge in [0.15, 0.2) is 0 Å². The highest BCUT2D eigenvalue weighted by Gasteiger charge is 2.10. The molecule has 2 aromatic carbocycles. The minimum atomic E-state index is -0.306. The van der Waals surface area contributed by atoms with E-state index in [1.807, 2.05) is 0 Å². The fourth-order valence-electron chi connectivity index (χ4n) is 2.20. The predicted octanol–water partition coefficient (Wildman–Crippen LogP) is 4.95. The third kappa shape index (κ3) is 2.59. The van der Waals surface area contributed by atoms with Gasteiger partial charge in [0.1, 0.15) is 11.9 Å². The van der Waals surface area contributed by atoms with E-state index in [1.54, 1.807) is 37.3 Å². The van der Waals surface area contributed by atoms with Crippen LogP contribution in [0.4, 0.5) is 15.8 Å². The molecule has 0 aliphatic heterocycles. The lowest BCUT2D eigenvalue weighted by Crippen LogP contribution is -1.97. The summed E-state index contributed by atoms with van der Waals surface area (Å²) >= 11 is 6.04. The van der Waals surface area contributed by atoms with Crippen LogP contribution >= 0.6 is 11.6 Å². The number of aromatic nitrogens is 1. The van der Waals surface area contributed by atoms with Gasteiger partial charge in [0.05, 0.1) is 16.8 Å². The second-order valence-electron chi connectivity index (χ2n) is 4.91. The van der Waals surface area contributed by atoms with Crippen LogP contribution in [0.2, 0.25) is 5.02 Å². The van der Waals surface area contributed by atoms with Gasteiger partial charge in [0.25, 0.3) is 0 Å². The van der Waals surface area contributed by atoms with E-state index in [9.17, 15) is 9.65 Å². The number of nitrogens with zero attached hydrogens (tertiary/aromatic N) is 2. The van der Waals surface area contributed by atoms with E-state index in [-0.39, 0.29) is 5.82 Å². The highest BCUT2D eigenvalue weighted by Crippen LogP contribution is 2.31. The third-order valence-electron chi connectivity index (χ3n) is 3.39. The lowest BCUT2D eigenvalue weighted by atomic mass is 10.1. The molecule has 0 unspecified atom stereocenters. The van der Waals surface area contributed by atoms with Crippen molar-refractivity contribution in [3.8, 4) is 6.07 Å². The Morgan fingerprint density at radius 2 is 2.05 bits per heavy atom. The van der Waals surface area contributed by atoms with Crippen molar-refractivity contribution in [3.05, 3.63) is 64.6 Å². The Balaban J connectivity index is 2.17. The number of nitriles is 1. The fraction of sp³-hybridized carbons (Fsp3) is 0.0588. The SMILES string of the molecule is Cc1ccc(Nc2c(C#N)cnc3ccc(Cl)cc23)cc1F. The van der Waals surface area contributed by atoms with Gasteiger partial charge < -0.3 is 5.32 Å². The molecule has 3 rings (SSSR count). The van der Waals surface area contributed by atoms with E-state index in [0.29, 0.717) is 38.4 Å². The molecule has 0 fully saturated rings. The normalized spacial score (nSPS) is 10.5. The van der Waals surface area contributed by atoms with Crippen molar-refractivity contribution in [2.75, 3.05) is 5.32 Å². The van der Waals surface area contributed by atoms with Crippen LogP contribution in [0.25, 0.3) is 10.9 Å². The molecule has 0 bridgehead atoms. The van der Waals surface area contributed by atoms with Crippen LogP contribution in [-0.4, -0.2) is 4.98 Å². The van der Waals surface area contributed by atoms with Crippen LogP contribution in [0.5, 0.6) is 0 Å². The highest BCUT2D eigenvalue weighted by atomic mass is 35.5. The zero-order valence-corrected chi connectivity index (χ0v) is 12.4. The van der Waals surface area contributed by atoms with Gasteiger partial charge in [-0.3, -0.25) is 4.98 Å². The van der Waals surface area contributed by atoms with Crippen molar-refractivity contribution < 1.29 is 4.39 Å². The summed E-state index contributed by atoms with van der Waals surface area (Å²) in [5.74, 6) is -0.306. The summed E-state index contributed by atoms with van der Waals surface area (Å²) in [6, 6.07) is 12.2. The van der Waals surface area contributed by atoms with Gasteiger partial charge in [0, 0.05) is 22.3 Å². The van der Waals surface area contributed by atoms with E-state index in [4.69, 9.17) is 11.6 Å². The molecule has 3 nitrogen and oxygen atoms in total. The van der Waals surface area contributed by atoms with E-state index >= 15 is 0 Å². The molecule has 1 N–H and O–H groups in total. The molecule has 1 heterocycles. The molecule has 0 aliphatic rings. The molecule has 0 amide bonds. The molecule has 0 aliphatic carbocycles. The molecule has 22 heavy (non-hydrogen) atoms. The molecule has 0 spiro atoms. The smallest absolute Gasteiger partial charge is 0.128 e. The minimum absolute atomic E-state index is 0.306. The summed E-state index contributed by atoms with van der Waals surface area (Å²) in [5.41, 5.74) is 2.77. The zero-order valence-electron chi connectivity index (χ0n) is 11.7. The molecular formula is C17H11ClFN3. The van der Waals surface area contributed by atoms with Gasteiger partial charge in [-0.25, -0.2) is 4.39 Å². The van der Waals surface area contributed by atoms with Crippen molar-refractivity contribution >= 4 is 33.9 Å². The highest BCUT2D eigenvalue weighted by molar-refractivity contribution is 6.31. The van der Waals surface area contributed by atoms with E-state index < -0.39 is 0 Å². The van der Waals surface area contributed by atoms with Gasteiger partial charge in [-0.15, -0.1) is 0 Å². The summed E-state index contributed by atoms with van der Waals surface area (Å²) in [6.45, 7) is 1.70. The van der Waals surface area contributed by atoms with Crippen LogP contribution in [0.1, 0.15) is 11.1 Å². The molecule has 108 valence electrons. The number of fused-ring (bicyclic) bond motifs is 1. The van der Waals surface area contributed by atoms with Crippen molar-refractivity contribution in [3.63, 3.8) is 0 Å². The Kier molecular flexibility index (Phi) is 3.66.